The van der Waals surface area contributed by atoms with Crippen LogP contribution in [0.15, 0.2) is 48.5 Å². The molecule has 0 aliphatic rings. The molecule has 0 bridgehead atoms. The molecule has 0 unspecified atom stereocenters. The average Bonchev–Trinajstić information content (AvgIpc) is 2.48. The monoisotopic (exact) mass is 314 g/mol. The van der Waals surface area contributed by atoms with Crippen LogP contribution in [-0.4, -0.2) is 12.1 Å². The van der Waals surface area contributed by atoms with Crippen molar-refractivity contribution in [2.45, 2.75) is 13.8 Å². The molecule has 0 saturated carbocycles. The minimum Gasteiger partial charge on any atom is -0.497 e. The molecule has 0 saturated heterocycles. The van der Waals surface area contributed by atoms with Crippen molar-refractivity contribution in [3.63, 3.8) is 0 Å². The van der Waals surface area contributed by atoms with E-state index in [4.69, 9.17) is 4.74 Å². The Morgan fingerprint density at radius 1 is 1.00 bits per heavy atom. The Kier molecular flexibility index (Phi) is 4.88. The molecule has 0 radical (unpaired) electrons. The van der Waals surface area contributed by atoms with Gasteiger partial charge >= 0.3 is 0 Å². The summed E-state index contributed by atoms with van der Waals surface area (Å²) in [5.74, 6) is 0.839. The summed E-state index contributed by atoms with van der Waals surface area (Å²) in [5.41, 5.74) is 5.30. The molecule has 0 spiro atoms. The number of aryl methyl sites for hydroxylation is 2. The van der Waals surface area contributed by atoms with Gasteiger partial charge in [-0.3, -0.25) is 4.98 Å². The quantitative estimate of drug-likeness (QED) is 0.736. The van der Waals surface area contributed by atoms with Gasteiger partial charge in [0, 0.05) is 28.5 Å². The van der Waals surface area contributed by atoms with E-state index < -0.39 is 0 Å². The van der Waals surface area contributed by atoms with E-state index in [1.54, 1.807) is 7.11 Å². The predicted molar refractivity (Wildman–Crippen MR) is 94.7 cm³/mol. The van der Waals surface area contributed by atoms with Gasteiger partial charge in [-0.25, -0.2) is 0 Å². The molecule has 22 heavy (non-hydrogen) atoms. The zero-order chi connectivity index (χ0) is 14.8. The molecule has 3 nitrogen and oxygen atoms in total. The number of halogens is 1. The van der Waals surface area contributed by atoms with E-state index in [9.17, 15) is 0 Å². The summed E-state index contributed by atoms with van der Waals surface area (Å²) < 4.78 is 5.27. The van der Waals surface area contributed by atoms with Crippen LogP contribution < -0.4 is 10.1 Å². The second-order valence-electron chi connectivity index (χ2n) is 5.14. The number of fused-ring (bicyclic) bond motifs is 1. The Labute approximate surface area is 136 Å². The second kappa shape index (κ2) is 6.67. The molecule has 0 fully saturated rings. The van der Waals surface area contributed by atoms with Crippen molar-refractivity contribution < 1.29 is 4.74 Å². The van der Waals surface area contributed by atoms with Gasteiger partial charge in [-0.05, 0) is 37.6 Å². The van der Waals surface area contributed by atoms with E-state index in [-0.39, 0.29) is 12.4 Å². The fourth-order valence-electron chi connectivity index (χ4n) is 2.48. The van der Waals surface area contributed by atoms with E-state index in [0.29, 0.717) is 0 Å². The summed E-state index contributed by atoms with van der Waals surface area (Å²) in [6.45, 7) is 4.10. The average molecular weight is 315 g/mol. The Morgan fingerprint density at radius 2 is 1.77 bits per heavy atom. The van der Waals surface area contributed by atoms with Crippen molar-refractivity contribution in [2.75, 3.05) is 12.4 Å². The van der Waals surface area contributed by atoms with Crippen LogP contribution in [0.4, 0.5) is 11.4 Å². The van der Waals surface area contributed by atoms with Gasteiger partial charge < -0.3 is 10.1 Å². The SMILES string of the molecule is COc1cccc(Nc2cc(C)nc3c(C)cccc23)c1.Cl. The van der Waals surface area contributed by atoms with Gasteiger partial charge in [-0.15, -0.1) is 12.4 Å². The lowest BCUT2D eigenvalue weighted by Crippen LogP contribution is -1.96. The number of methoxy groups -OCH3 is 1. The van der Waals surface area contributed by atoms with Gasteiger partial charge in [0.1, 0.15) is 5.75 Å². The van der Waals surface area contributed by atoms with Gasteiger partial charge in [0.05, 0.1) is 12.6 Å². The molecule has 3 aromatic rings. The lowest BCUT2D eigenvalue weighted by atomic mass is 10.1. The molecule has 1 aromatic heterocycles. The molecule has 3 rings (SSSR count). The Morgan fingerprint density at radius 3 is 2.55 bits per heavy atom. The highest BCUT2D eigenvalue weighted by molar-refractivity contribution is 5.94. The molecular formula is C18H19ClN2O. The van der Waals surface area contributed by atoms with Crippen LogP contribution in [0, 0.1) is 13.8 Å². The number of nitrogens with one attached hydrogen (secondary N) is 1. The van der Waals surface area contributed by atoms with Gasteiger partial charge in [-0.2, -0.15) is 0 Å². The first kappa shape index (κ1) is 16.1. The predicted octanol–water partition coefficient (Wildman–Crippen LogP) is 5.03. The number of rotatable bonds is 3. The first-order valence-corrected chi connectivity index (χ1v) is 6.95. The topological polar surface area (TPSA) is 34.1 Å². The Hall–Kier alpha value is -2.26. The first-order valence-electron chi connectivity index (χ1n) is 6.95. The third kappa shape index (κ3) is 3.15. The van der Waals surface area contributed by atoms with Gasteiger partial charge in [-0.1, -0.05) is 24.3 Å². The summed E-state index contributed by atoms with van der Waals surface area (Å²) in [5, 5.41) is 4.60. The molecule has 0 aliphatic carbocycles. The fourth-order valence-corrected chi connectivity index (χ4v) is 2.48. The highest BCUT2D eigenvalue weighted by Crippen LogP contribution is 2.29. The summed E-state index contributed by atoms with van der Waals surface area (Å²) >= 11 is 0. The highest BCUT2D eigenvalue weighted by Gasteiger charge is 2.06. The number of para-hydroxylation sites is 1. The van der Waals surface area contributed by atoms with Crippen LogP contribution in [0.5, 0.6) is 5.75 Å². The number of hydrogen-bond donors (Lipinski definition) is 1. The number of anilines is 2. The van der Waals surface area contributed by atoms with Crippen molar-refractivity contribution in [3.8, 4) is 5.75 Å². The van der Waals surface area contributed by atoms with Crippen LogP contribution in [0.1, 0.15) is 11.3 Å². The van der Waals surface area contributed by atoms with E-state index in [2.05, 4.69) is 41.5 Å². The van der Waals surface area contributed by atoms with Crippen molar-refractivity contribution in [3.05, 3.63) is 59.8 Å². The van der Waals surface area contributed by atoms with Crippen molar-refractivity contribution in [1.29, 1.82) is 0 Å². The van der Waals surface area contributed by atoms with E-state index in [0.717, 1.165) is 33.7 Å². The second-order valence-corrected chi connectivity index (χ2v) is 5.14. The summed E-state index contributed by atoms with van der Waals surface area (Å²) in [4.78, 5) is 4.65. The van der Waals surface area contributed by atoms with Crippen molar-refractivity contribution in [2.24, 2.45) is 0 Å². The number of benzene rings is 2. The maximum Gasteiger partial charge on any atom is 0.120 e. The zero-order valence-corrected chi connectivity index (χ0v) is 13.7. The van der Waals surface area contributed by atoms with Crippen molar-refractivity contribution >= 4 is 34.7 Å². The molecule has 4 heteroatoms. The lowest BCUT2D eigenvalue weighted by Gasteiger charge is -2.12. The number of hydrogen-bond acceptors (Lipinski definition) is 3. The Bertz CT molecular complexity index is 802. The minimum atomic E-state index is 0. The van der Waals surface area contributed by atoms with Gasteiger partial charge in [0.15, 0.2) is 0 Å². The third-order valence-corrected chi connectivity index (χ3v) is 3.52. The molecule has 0 amide bonds. The van der Waals surface area contributed by atoms with Crippen LogP contribution >= 0.6 is 12.4 Å². The van der Waals surface area contributed by atoms with Gasteiger partial charge in [0.25, 0.3) is 0 Å². The van der Waals surface area contributed by atoms with Crippen LogP contribution in [0.2, 0.25) is 0 Å². The van der Waals surface area contributed by atoms with E-state index in [1.165, 1.54) is 5.56 Å². The number of ether oxygens (including phenoxy) is 1. The number of aromatic nitrogens is 1. The molecule has 1 heterocycles. The van der Waals surface area contributed by atoms with Crippen LogP contribution in [0.3, 0.4) is 0 Å². The normalized spacial score (nSPS) is 10.1. The van der Waals surface area contributed by atoms with Crippen molar-refractivity contribution in [1.82, 2.24) is 4.98 Å². The first-order chi connectivity index (χ1) is 10.2. The molecule has 1 N–H and O–H groups in total. The molecule has 0 atom stereocenters. The standard InChI is InChI=1S/C18H18N2O.ClH/c1-12-6-4-9-16-17(10-13(2)19-18(12)16)20-14-7-5-8-15(11-14)21-3;/h4-11H,1-3H3,(H,19,20);1H. The number of pyridine rings is 1. The van der Waals surface area contributed by atoms with Crippen LogP contribution in [-0.2, 0) is 0 Å². The Balaban J connectivity index is 0.00000176. The van der Waals surface area contributed by atoms with Crippen LogP contribution in [0.25, 0.3) is 10.9 Å². The zero-order valence-electron chi connectivity index (χ0n) is 12.9. The molecule has 2 aromatic carbocycles. The molecule has 0 aliphatic heterocycles. The molecular weight excluding hydrogens is 296 g/mol. The van der Waals surface area contributed by atoms with Gasteiger partial charge in [0.2, 0.25) is 0 Å². The third-order valence-electron chi connectivity index (χ3n) is 3.52. The summed E-state index contributed by atoms with van der Waals surface area (Å²) in [6.07, 6.45) is 0. The summed E-state index contributed by atoms with van der Waals surface area (Å²) in [7, 11) is 1.68. The van der Waals surface area contributed by atoms with E-state index >= 15 is 0 Å². The minimum absolute atomic E-state index is 0. The maximum atomic E-state index is 5.27. The smallest absolute Gasteiger partial charge is 0.120 e. The fraction of sp³-hybridized carbons (Fsp3) is 0.167. The maximum absolute atomic E-state index is 5.27. The largest absolute Gasteiger partial charge is 0.497 e. The number of nitrogens with zero attached hydrogens (tertiary/aromatic N) is 1. The lowest BCUT2D eigenvalue weighted by molar-refractivity contribution is 0.415. The van der Waals surface area contributed by atoms with E-state index in [1.807, 2.05) is 31.2 Å². The molecule has 114 valence electrons. The highest BCUT2D eigenvalue weighted by atomic mass is 35.5. The summed E-state index contributed by atoms with van der Waals surface area (Å²) in [6, 6.07) is 16.2.